The fourth-order valence-corrected chi connectivity index (χ4v) is 5.49. The lowest BCUT2D eigenvalue weighted by molar-refractivity contribution is -0.132. The van der Waals surface area contributed by atoms with E-state index in [0.29, 0.717) is 35.8 Å². The van der Waals surface area contributed by atoms with E-state index in [0.717, 1.165) is 5.56 Å². The molecule has 1 aliphatic rings. The Hall–Kier alpha value is -2.67. The minimum Gasteiger partial charge on any atom is -0.340 e. The molecule has 1 aliphatic heterocycles. The molecule has 10 heteroatoms. The summed E-state index contributed by atoms with van der Waals surface area (Å²) in [7, 11) is -3.67. The number of nitrogens with zero attached hydrogens (tertiary/aromatic N) is 3. The maximum absolute atomic E-state index is 12.8. The molecular weight excluding hydrogens is 440 g/mol. The van der Waals surface area contributed by atoms with Gasteiger partial charge in [-0.15, -0.1) is 0 Å². The molecule has 1 amide bonds. The fourth-order valence-electron chi connectivity index (χ4n) is 3.76. The summed E-state index contributed by atoms with van der Waals surface area (Å²) in [6.45, 7) is 4.46. The molecule has 0 aliphatic carbocycles. The number of pyridine rings is 1. The minimum atomic E-state index is -3.67. The zero-order valence-electron chi connectivity index (χ0n) is 17.3. The van der Waals surface area contributed by atoms with E-state index in [1.54, 1.807) is 30.9 Å². The van der Waals surface area contributed by atoms with Crippen LogP contribution in [-0.4, -0.2) is 54.7 Å². The topological polar surface area (TPSA) is 114 Å². The Bertz CT molecular complexity index is 1210. The number of aromatic amines is 1. The third-order valence-electron chi connectivity index (χ3n) is 5.53. The maximum atomic E-state index is 12.8. The molecule has 1 fully saturated rings. The van der Waals surface area contributed by atoms with Crippen LogP contribution in [-0.2, 0) is 21.2 Å². The van der Waals surface area contributed by atoms with Gasteiger partial charge in [-0.25, -0.2) is 8.42 Å². The van der Waals surface area contributed by atoms with Crippen molar-refractivity contribution < 1.29 is 13.2 Å². The Labute approximate surface area is 186 Å². The molecule has 3 rings (SSSR count). The van der Waals surface area contributed by atoms with Crippen LogP contribution in [0, 0.1) is 25.2 Å². The van der Waals surface area contributed by atoms with Crippen molar-refractivity contribution in [1.29, 1.82) is 5.26 Å². The Morgan fingerprint density at radius 3 is 2.52 bits per heavy atom. The van der Waals surface area contributed by atoms with Crippen molar-refractivity contribution in [2.45, 2.75) is 31.6 Å². The van der Waals surface area contributed by atoms with Crippen LogP contribution < -0.4 is 5.56 Å². The van der Waals surface area contributed by atoms with Crippen LogP contribution in [0.25, 0.3) is 0 Å². The highest BCUT2D eigenvalue weighted by Crippen LogP contribution is 2.21. The van der Waals surface area contributed by atoms with Crippen molar-refractivity contribution in [3.05, 3.63) is 62.0 Å². The monoisotopic (exact) mass is 462 g/mol. The van der Waals surface area contributed by atoms with Gasteiger partial charge in [-0.3, -0.25) is 9.59 Å². The second-order valence-corrected chi connectivity index (χ2v) is 9.79. The van der Waals surface area contributed by atoms with E-state index in [9.17, 15) is 23.3 Å². The Morgan fingerprint density at radius 2 is 1.90 bits per heavy atom. The van der Waals surface area contributed by atoms with Gasteiger partial charge in [-0.05, 0) is 49.6 Å². The van der Waals surface area contributed by atoms with Gasteiger partial charge >= 0.3 is 0 Å². The number of sulfonamides is 1. The molecule has 2 heterocycles. The van der Waals surface area contributed by atoms with Crippen molar-refractivity contribution in [1.82, 2.24) is 14.2 Å². The first-order valence-corrected chi connectivity index (χ1v) is 11.6. The summed E-state index contributed by atoms with van der Waals surface area (Å²) in [5, 5.41) is 9.53. The number of amides is 1. The highest BCUT2D eigenvalue weighted by molar-refractivity contribution is 7.89. The van der Waals surface area contributed by atoms with Gasteiger partial charge in [0.2, 0.25) is 15.9 Å². The van der Waals surface area contributed by atoms with Crippen LogP contribution in [0.1, 0.15) is 28.8 Å². The summed E-state index contributed by atoms with van der Waals surface area (Å²) < 4.78 is 27.0. The summed E-state index contributed by atoms with van der Waals surface area (Å²) in [6, 6.07) is 8.03. The number of halogens is 1. The molecule has 1 aromatic heterocycles. The highest BCUT2D eigenvalue weighted by atomic mass is 35.5. The third kappa shape index (κ3) is 4.82. The van der Waals surface area contributed by atoms with E-state index in [2.05, 4.69) is 4.98 Å². The molecule has 0 atom stereocenters. The Morgan fingerprint density at radius 1 is 1.23 bits per heavy atom. The van der Waals surface area contributed by atoms with E-state index in [4.69, 9.17) is 11.6 Å². The van der Waals surface area contributed by atoms with E-state index >= 15 is 0 Å². The minimum absolute atomic E-state index is 0.0629. The predicted octanol–water partition coefficient (Wildman–Crippen LogP) is 1.98. The molecule has 0 unspecified atom stereocenters. The second kappa shape index (κ2) is 9.22. The van der Waals surface area contributed by atoms with Crippen LogP contribution in [0.15, 0.2) is 34.0 Å². The van der Waals surface area contributed by atoms with E-state index < -0.39 is 15.6 Å². The molecular formula is C21H23ClN4O4S. The average Bonchev–Trinajstić information content (AvgIpc) is 2.73. The standard InChI is InChI=1S/C21H23ClN4O4S/c1-14-18(15(2)24-21(28)19(14)13-23)6-7-20(27)25-8-10-26(11-9-25)31(29,30)17-5-3-4-16(22)12-17/h3-5,12H,6-11H2,1-2H3,(H,24,28). The number of carbonyl (C=O) groups is 1. The smallest absolute Gasteiger partial charge is 0.266 e. The largest absolute Gasteiger partial charge is 0.340 e. The van der Waals surface area contributed by atoms with Crippen LogP contribution in [0.2, 0.25) is 5.02 Å². The molecule has 0 radical (unpaired) electrons. The lowest BCUT2D eigenvalue weighted by Crippen LogP contribution is -2.50. The average molecular weight is 463 g/mol. The van der Waals surface area contributed by atoms with E-state index in [1.165, 1.54) is 16.4 Å². The predicted molar refractivity (Wildman–Crippen MR) is 116 cm³/mol. The molecule has 2 aromatic rings. The normalized spacial score (nSPS) is 15.0. The molecule has 0 saturated carbocycles. The van der Waals surface area contributed by atoms with Crippen molar-refractivity contribution in [2.24, 2.45) is 0 Å². The number of aromatic nitrogens is 1. The summed E-state index contributed by atoms with van der Waals surface area (Å²) >= 11 is 5.92. The molecule has 1 aromatic carbocycles. The van der Waals surface area contributed by atoms with E-state index in [1.807, 2.05) is 6.07 Å². The number of hydrogen-bond donors (Lipinski definition) is 1. The van der Waals surface area contributed by atoms with Gasteiger partial charge in [0.15, 0.2) is 0 Å². The molecule has 0 bridgehead atoms. The lowest BCUT2D eigenvalue weighted by Gasteiger charge is -2.34. The first-order chi connectivity index (χ1) is 14.6. The van der Waals surface area contributed by atoms with Gasteiger partial charge in [-0.2, -0.15) is 9.57 Å². The van der Waals surface area contributed by atoms with Crippen molar-refractivity contribution in [2.75, 3.05) is 26.2 Å². The van der Waals surface area contributed by atoms with Gasteiger partial charge in [-0.1, -0.05) is 17.7 Å². The molecule has 1 saturated heterocycles. The SMILES string of the molecule is Cc1[nH]c(=O)c(C#N)c(C)c1CCC(=O)N1CCN(S(=O)(=O)c2cccc(Cl)c2)CC1. The number of piperazine rings is 1. The zero-order chi connectivity index (χ0) is 22.8. The number of rotatable bonds is 5. The number of H-pyrrole nitrogens is 1. The lowest BCUT2D eigenvalue weighted by atomic mass is 9.99. The molecule has 1 N–H and O–H groups in total. The summed E-state index contributed by atoms with van der Waals surface area (Å²) in [5.41, 5.74) is 1.66. The summed E-state index contributed by atoms with van der Waals surface area (Å²) in [6.07, 6.45) is 0.600. The second-order valence-electron chi connectivity index (χ2n) is 7.41. The van der Waals surface area contributed by atoms with Gasteiger partial charge < -0.3 is 9.88 Å². The number of carbonyl (C=O) groups excluding carboxylic acids is 1. The number of aryl methyl sites for hydroxylation is 1. The molecule has 8 nitrogen and oxygen atoms in total. The number of hydrogen-bond acceptors (Lipinski definition) is 5. The quantitative estimate of drug-likeness (QED) is 0.729. The molecule has 31 heavy (non-hydrogen) atoms. The van der Waals surface area contributed by atoms with Gasteiger partial charge in [0.05, 0.1) is 4.90 Å². The van der Waals surface area contributed by atoms with Gasteiger partial charge in [0.25, 0.3) is 5.56 Å². The first kappa shape index (κ1) is 23.0. The van der Waals surface area contributed by atoms with Crippen molar-refractivity contribution >= 4 is 27.5 Å². The van der Waals surface area contributed by atoms with Crippen LogP contribution >= 0.6 is 11.6 Å². The van der Waals surface area contributed by atoms with Crippen molar-refractivity contribution in [3.63, 3.8) is 0 Å². The summed E-state index contributed by atoms with van der Waals surface area (Å²) in [4.78, 5) is 29.0. The number of nitrogens with one attached hydrogen (secondary N) is 1. The van der Waals surface area contributed by atoms with Crippen LogP contribution in [0.3, 0.4) is 0 Å². The Balaban J connectivity index is 1.63. The van der Waals surface area contributed by atoms with Gasteiger partial charge in [0, 0.05) is 43.3 Å². The van der Waals surface area contributed by atoms with E-state index in [-0.39, 0.29) is 35.9 Å². The fraction of sp³-hybridized carbons (Fsp3) is 0.381. The zero-order valence-corrected chi connectivity index (χ0v) is 18.9. The van der Waals surface area contributed by atoms with Crippen molar-refractivity contribution in [3.8, 4) is 6.07 Å². The maximum Gasteiger partial charge on any atom is 0.266 e. The van der Waals surface area contributed by atoms with Gasteiger partial charge in [0.1, 0.15) is 11.6 Å². The molecule has 164 valence electrons. The highest BCUT2D eigenvalue weighted by Gasteiger charge is 2.30. The Kier molecular flexibility index (Phi) is 6.84. The van der Waals surface area contributed by atoms with Crippen LogP contribution in [0.4, 0.5) is 0 Å². The summed E-state index contributed by atoms with van der Waals surface area (Å²) in [5.74, 6) is -0.0942. The number of nitriles is 1. The third-order valence-corrected chi connectivity index (χ3v) is 7.66. The first-order valence-electron chi connectivity index (χ1n) is 9.81. The molecule has 0 spiro atoms. The number of benzene rings is 1. The van der Waals surface area contributed by atoms with Crippen LogP contribution in [0.5, 0.6) is 0 Å².